The minimum absolute atomic E-state index is 0.983. The van der Waals surface area contributed by atoms with Crippen LogP contribution in [0.5, 0.6) is 0 Å². The summed E-state index contributed by atoms with van der Waals surface area (Å²) in [7, 11) is 0. The molecule has 2 heteroatoms. The van der Waals surface area contributed by atoms with Crippen LogP contribution in [0.4, 0.5) is 0 Å². The first-order valence-electron chi connectivity index (χ1n) is 3.44. The molecule has 0 spiro atoms. The van der Waals surface area contributed by atoms with Gasteiger partial charge in [-0.15, -0.1) is 11.3 Å². The van der Waals surface area contributed by atoms with Crippen LogP contribution in [0.2, 0.25) is 0 Å². The highest BCUT2D eigenvalue weighted by molar-refractivity contribution is 7.07. The largest absolute Gasteiger partial charge is 0.245 e. The van der Waals surface area contributed by atoms with Gasteiger partial charge < -0.3 is 0 Å². The quantitative estimate of drug-likeness (QED) is 0.611. The number of rotatable bonds is 1. The third-order valence-corrected chi connectivity index (χ3v) is 1.95. The summed E-state index contributed by atoms with van der Waals surface area (Å²) in [5.41, 5.74) is 3.09. The topological polar surface area (TPSA) is 12.9 Å². The first-order chi connectivity index (χ1) is 5.20. The standard InChI is InChI=1S/C9H11NS/c1-7(2)4-5-9-8(3)11-6-10-9/h4-6H,3H2,1-2H3. The lowest BCUT2D eigenvalue weighted by Crippen LogP contribution is -2.18. The molecule has 1 aromatic heterocycles. The van der Waals surface area contributed by atoms with E-state index in [1.807, 2.05) is 17.7 Å². The molecule has 0 amide bonds. The Labute approximate surface area is 70.4 Å². The number of thiazole rings is 1. The van der Waals surface area contributed by atoms with Crippen molar-refractivity contribution in [2.24, 2.45) is 0 Å². The number of hydrogen-bond donors (Lipinski definition) is 0. The number of aromatic nitrogens is 1. The monoisotopic (exact) mass is 165 g/mol. The van der Waals surface area contributed by atoms with E-state index in [1.165, 1.54) is 5.57 Å². The Balaban J connectivity index is 3.11. The second-order valence-corrected chi connectivity index (χ2v) is 3.51. The molecule has 0 saturated carbocycles. The van der Waals surface area contributed by atoms with Gasteiger partial charge in [-0.1, -0.05) is 18.2 Å². The normalized spacial score (nSPS) is 11.6. The molecule has 0 fully saturated rings. The fourth-order valence-corrected chi connectivity index (χ4v) is 1.20. The fraction of sp³-hybridized carbons (Fsp3) is 0.222. The van der Waals surface area contributed by atoms with Crippen LogP contribution in [-0.4, -0.2) is 4.98 Å². The molecule has 1 rings (SSSR count). The Morgan fingerprint density at radius 2 is 2.36 bits per heavy atom. The van der Waals surface area contributed by atoms with Crippen LogP contribution in [0.25, 0.3) is 12.7 Å². The molecule has 0 aliphatic rings. The summed E-state index contributed by atoms with van der Waals surface area (Å²) in [6.07, 6.45) is 4.04. The summed E-state index contributed by atoms with van der Waals surface area (Å²) in [6, 6.07) is 0. The molecule has 58 valence electrons. The van der Waals surface area contributed by atoms with Gasteiger partial charge in [0.2, 0.25) is 0 Å². The SMILES string of the molecule is C=c1scnc1=CC=C(C)C. The molecular weight excluding hydrogens is 154 g/mol. The lowest BCUT2D eigenvalue weighted by Gasteiger charge is -1.79. The molecule has 0 N–H and O–H groups in total. The third-order valence-electron chi connectivity index (χ3n) is 1.25. The Bertz CT molecular complexity index is 355. The van der Waals surface area contributed by atoms with Crippen LogP contribution >= 0.6 is 11.3 Å². The molecule has 0 aliphatic heterocycles. The lowest BCUT2D eigenvalue weighted by molar-refractivity contribution is 1.31. The number of allylic oxidation sites excluding steroid dienone is 2. The highest BCUT2D eigenvalue weighted by atomic mass is 32.1. The molecule has 0 radical (unpaired) electrons. The van der Waals surface area contributed by atoms with Gasteiger partial charge in [-0.05, 0) is 19.9 Å². The van der Waals surface area contributed by atoms with E-state index in [9.17, 15) is 0 Å². The van der Waals surface area contributed by atoms with Crippen molar-refractivity contribution in [3.8, 4) is 0 Å². The summed E-state index contributed by atoms with van der Waals surface area (Å²) in [5.74, 6) is 0. The fourth-order valence-electron chi connectivity index (χ4n) is 0.661. The molecule has 1 nitrogen and oxygen atoms in total. The lowest BCUT2D eigenvalue weighted by atomic mass is 10.3. The summed E-state index contributed by atoms with van der Waals surface area (Å²) >= 11 is 1.57. The Kier molecular flexibility index (Phi) is 2.60. The molecular formula is C9H11NS. The zero-order chi connectivity index (χ0) is 8.27. The van der Waals surface area contributed by atoms with Gasteiger partial charge in [-0.25, -0.2) is 4.98 Å². The second-order valence-electron chi connectivity index (χ2n) is 2.57. The van der Waals surface area contributed by atoms with Crippen molar-refractivity contribution in [2.45, 2.75) is 13.8 Å². The highest BCUT2D eigenvalue weighted by Gasteiger charge is 1.81. The Morgan fingerprint density at radius 3 is 2.82 bits per heavy atom. The van der Waals surface area contributed by atoms with Crippen molar-refractivity contribution in [1.29, 1.82) is 0 Å². The van der Waals surface area contributed by atoms with E-state index in [2.05, 4.69) is 25.4 Å². The van der Waals surface area contributed by atoms with Crippen LogP contribution in [0.15, 0.2) is 17.2 Å². The molecule has 0 saturated heterocycles. The van der Waals surface area contributed by atoms with Crippen LogP contribution in [-0.2, 0) is 0 Å². The first kappa shape index (κ1) is 8.21. The van der Waals surface area contributed by atoms with Gasteiger partial charge in [0, 0.05) is 4.53 Å². The van der Waals surface area contributed by atoms with Crippen molar-refractivity contribution >= 4 is 24.0 Å². The van der Waals surface area contributed by atoms with Gasteiger partial charge in [0.05, 0.1) is 10.9 Å². The minimum atomic E-state index is 0.983. The first-order valence-corrected chi connectivity index (χ1v) is 4.32. The average Bonchev–Trinajstić information content (AvgIpc) is 2.31. The van der Waals surface area contributed by atoms with E-state index >= 15 is 0 Å². The van der Waals surface area contributed by atoms with Crippen molar-refractivity contribution in [2.75, 3.05) is 0 Å². The van der Waals surface area contributed by atoms with E-state index in [-0.39, 0.29) is 0 Å². The van der Waals surface area contributed by atoms with Gasteiger partial charge in [-0.2, -0.15) is 0 Å². The summed E-state index contributed by atoms with van der Waals surface area (Å²) in [6.45, 7) is 7.98. The van der Waals surface area contributed by atoms with Crippen LogP contribution in [0, 0.1) is 0 Å². The molecule has 1 aromatic rings. The van der Waals surface area contributed by atoms with Gasteiger partial charge in [0.25, 0.3) is 0 Å². The Morgan fingerprint density at radius 1 is 1.64 bits per heavy atom. The van der Waals surface area contributed by atoms with Gasteiger partial charge in [0.15, 0.2) is 0 Å². The van der Waals surface area contributed by atoms with Crippen LogP contribution in [0.1, 0.15) is 13.8 Å². The highest BCUT2D eigenvalue weighted by Crippen LogP contribution is 1.87. The van der Waals surface area contributed by atoms with E-state index in [4.69, 9.17) is 0 Å². The molecule has 0 aromatic carbocycles. The predicted molar refractivity (Wildman–Crippen MR) is 50.8 cm³/mol. The average molecular weight is 165 g/mol. The van der Waals surface area contributed by atoms with E-state index in [0.717, 1.165) is 9.88 Å². The van der Waals surface area contributed by atoms with Gasteiger partial charge in [0.1, 0.15) is 0 Å². The molecule has 0 bridgehead atoms. The molecule has 0 aliphatic carbocycles. The smallest absolute Gasteiger partial charge is 0.0805 e. The molecule has 1 heterocycles. The van der Waals surface area contributed by atoms with Crippen LogP contribution < -0.4 is 9.88 Å². The van der Waals surface area contributed by atoms with Gasteiger partial charge >= 0.3 is 0 Å². The number of hydrogen-bond acceptors (Lipinski definition) is 2. The second kappa shape index (κ2) is 3.49. The zero-order valence-electron chi connectivity index (χ0n) is 6.79. The van der Waals surface area contributed by atoms with Gasteiger partial charge in [-0.3, -0.25) is 0 Å². The molecule has 0 atom stereocenters. The zero-order valence-corrected chi connectivity index (χ0v) is 7.61. The maximum Gasteiger partial charge on any atom is 0.0805 e. The summed E-state index contributed by atoms with van der Waals surface area (Å²) < 4.78 is 1.03. The predicted octanol–water partition coefficient (Wildman–Crippen LogP) is 1.30. The maximum absolute atomic E-state index is 4.14. The van der Waals surface area contributed by atoms with E-state index < -0.39 is 0 Å². The van der Waals surface area contributed by atoms with E-state index in [0.29, 0.717) is 0 Å². The Hall–Kier alpha value is -0.890. The molecule has 11 heavy (non-hydrogen) atoms. The van der Waals surface area contributed by atoms with Crippen molar-refractivity contribution < 1.29 is 0 Å². The van der Waals surface area contributed by atoms with E-state index in [1.54, 1.807) is 11.3 Å². The van der Waals surface area contributed by atoms with Crippen molar-refractivity contribution in [3.05, 3.63) is 27.0 Å². The van der Waals surface area contributed by atoms with Crippen LogP contribution in [0.3, 0.4) is 0 Å². The third kappa shape index (κ3) is 2.31. The minimum Gasteiger partial charge on any atom is -0.245 e. The van der Waals surface area contributed by atoms with Crippen molar-refractivity contribution in [3.63, 3.8) is 0 Å². The summed E-state index contributed by atoms with van der Waals surface area (Å²) in [4.78, 5) is 4.14. The van der Waals surface area contributed by atoms with Crippen molar-refractivity contribution in [1.82, 2.24) is 4.98 Å². The maximum atomic E-state index is 4.14. The molecule has 0 unspecified atom stereocenters. The number of nitrogens with zero attached hydrogens (tertiary/aromatic N) is 1. The summed E-state index contributed by atoms with van der Waals surface area (Å²) in [5, 5.41) is 0.983.